The molecule has 0 spiro atoms. The van der Waals surface area contributed by atoms with Crippen molar-refractivity contribution in [1.29, 1.82) is 0 Å². The summed E-state index contributed by atoms with van der Waals surface area (Å²) in [5.41, 5.74) is 2.99. The molecule has 1 unspecified atom stereocenters. The molecule has 3 aromatic rings. The third kappa shape index (κ3) is 2.92. The van der Waals surface area contributed by atoms with Crippen LogP contribution in [0.3, 0.4) is 0 Å². The highest BCUT2D eigenvalue weighted by Gasteiger charge is 2.28. The molecule has 2 N–H and O–H groups in total. The van der Waals surface area contributed by atoms with Crippen LogP contribution in [-0.4, -0.2) is 26.8 Å². The fourth-order valence-corrected chi connectivity index (χ4v) is 3.56. The third-order valence-electron chi connectivity index (χ3n) is 4.90. The Bertz CT molecular complexity index is 1170. The van der Waals surface area contributed by atoms with Crippen molar-refractivity contribution in [3.63, 3.8) is 0 Å². The Labute approximate surface area is 159 Å². The number of aryl methyl sites for hydroxylation is 1. The zero-order valence-corrected chi connectivity index (χ0v) is 15.0. The van der Waals surface area contributed by atoms with Crippen molar-refractivity contribution >= 4 is 23.0 Å². The number of carbonyl (C=O) groups is 1. The number of nitrogens with zero attached hydrogens (tertiary/aromatic N) is 3. The van der Waals surface area contributed by atoms with Gasteiger partial charge in [-0.3, -0.25) is 14.6 Å². The Balaban J connectivity index is 1.80. The minimum absolute atomic E-state index is 0.143. The van der Waals surface area contributed by atoms with Gasteiger partial charge >= 0.3 is 0 Å². The van der Waals surface area contributed by atoms with Crippen LogP contribution in [0.25, 0.3) is 10.9 Å². The Morgan fingerprint density at radius 1 is 1.39 bits per heavy atom. The summed E-state index contributed by atoms with van der Waals surface area (Å²) in [6.45, 7) is 1.85. The predicted molar refractivity (Wildman–Crippen MR) is 102 cm³/mol. The second-order valence-corrected chi connectivity index (χ2v) is 6.73. The number of nitrogens with one attached hydrogen (secondary N) is 1. The summed E-state index contributed by atoms with van der Waals surface area (Å²) in [6, 6.07) is 5.70. The summed E-state index contributed by atoms with van der Waals surface area (Å²) in [7, 11) is 0. The quantitative estimate of drug-likeness (QED) is 0.539. The number of hydrogen-bond donors (Lipinski definition) is 2. The van der Waals surface area contributed by atoms with Gasteiger partial charge < -0.3 is 9.67 Å². The second-order valence-electron chi connectivity index (χ2n) is 6.73. The van der Waals surface area contributed by atoms with Gasteiger partial charge in [0.1, 0.15) is 17.1 Å². The zero-order chi connectivity index (χ0) is 19.8. The average molecular weight is 380 g/mol. The summed E-state index contributed by atoms with van der Waals surface area (Å²) < 4.78 is 15.5. The molecule has 0 bridgehead atoms. The van der Waals surface area contributed by atoms with Gasteiger partial charge in [-0.15, -0.1) is 0 Å². The molecule has 1 aliphatic heterocycles. The molecular formula is C20H17FN4O3. The molecule has 0 saturated heterocycles. The van der Waals surface area contributed by atoms with Gasteiger partial charge in [0, 0.05) is 23.8 Å². The Morgan fingerprint density at radius 2 is 2.14 bits per heavy atom. The fraction of sp³-hybridized carbons (Fsp3) is 0.200. The van der Waals surface area contributed by atoms with Crippen LogP contribution in [0.15, 0.2) is 46.6 Å². The molecule has 1 amide bonds. The first-order valence-corrected chi connectivity index (χ1v) is 8.80. The van der Waals surface area contributed by atoms with Crippen LogP contribution in [0.4, 0.5) is 4.39 Å². The van der Waals surface area contributed by atoms with Crippen molar-refractivity contribution in [1.82, 2.24) is 15.0 Å². The lowest BCUT2D eigenvalue weighted by Gasteiger charge is -2.26. The Morgan fingerprint density at radius 3 is 2.89 bits per heavy atom. The van der Waals surface area contributed by atoms with Crippen molar-refractivity contribution in [3.8, 4) is 5.75 Å². The van der Waals surface area contributed by atoms with Crippen molar-refractivity contribution in [2.24, 2.45) is 5.10 Å². The van der Waals surface area contributed by atoms with Crippen molar-refractivity contribution < 1.29 is 14.3 Å². The van der Waals surface area contributed by atoms with E-state index < -0.39 is 28.6 Å². The van der Waals surface area contributed by atoms with E-state index in [1.54, 1.807) is 24.5 Å². The molecule has 8 heteroatoms. The first kappa shape index (κ1) is 17.8. The first-order chi connectivity index (χ1) is 13.5. The number of benzene rings is 1. The van der Waals surface area contributed by atoms with E-state index in [1.807, 2.05) is 6.92 Å². The maximum absolute atomic E-state index is 14.0. The molecule has 1 atom stereocenters. The molecular weight excluding hydrogens is 363 g/mol. The molecule has 4 rings (SSSR count). The van der Waals surface area contributed by atoms with E-state index in [0.29, 0.717) is 29.5 Å². The van der Waals surface area contributed by atoms with Crippen LogP contribution in [-0.2, 0) is 6.42 Å². The zero-order valence-electron chi connectivity index (χ0n) is 15.0. The number of carbonyl (C=O) groups excluding carboxylic acids is 1. The van der Waals surface area contributed by atoms with Crippen LogP contribution in [0.2, 0.25) is 0 Å². The molecule has 0 aliphatic carbocycles. The summed E-state index contributed by atoms with van der Waals surface area (Å²) in [5.74, 6) is -1.93. The van der Waals surface area contributed by atoms with E-state index in [4.69, 9.17) is 0 Å². The molecule has 0 saturated carbocycles. The van der Waals surface area contributed by atoms with Gasteiger partial charge in [-0.25, -0.2) is 9.82 Å². The Hall–Kier alpha value is -3.55. The van der Waals surface area contributed by atoms with Gasteiger partial charge in [-0.2, -0.15) is 5.10 Å². The monoisotopic (exact) mass is 380 g/mol. The summed E-state index contributed by atoms with van der Waals surface area (Å²) >= 11 is 0. The maximum Gasteiger partial charge on any atom is 0.280 e. The van der Waals surface area contributed by atoms with Gasteiger partial charge in [-0.05, 0) is 55.2 Å². The normalized spacial score (nSPS) is 15.9. The number of hydrogen-bond acceptors (Lipinski definition) is 5. The van der Waals surface area contributed by atoms with E-state index in [-0.39, 0.29) is 11.4 Å². The highest BCUT2D eigenvalue weighted by Crippen LogP contribution is 2.35. The average Bonchev–Trinajstić information content (AvgIpc) is 2.67. The van der Waals surface area contributed by atoms with E-state index in [9.17, 15) is 19.1 Å². The highest BCUT2D eigenvalue weighted by atomic mass is 19.1. The molecule has 28 heavy (non-hydrogen) atoms. The fourth-order valence-electron chi connectivity index (χ4n) is 3.56. The van der Waals surface area contributed by atoms with Gasteiger partial charge in [0.05, 0.1) is 11.7 Å². The van der Waals surface area contributed by atoms with Crippen LogP contribution in [0.5, 0.6) is 5.75 Å². The maximum atomic E-state index is 14.0. The highest BCUT2D eigenvalue weighted by molar-refractivity contribution is 6.03. The molecule has 1 aliphatic rings. The van der Waals surface area contributed by atoms with E-state index in [0.717, 1.165) is 6.07 Å². The van der Waals surface area contributed by atoms with Crippen LogP contribution in [0, 0.1) is 5.82 Å². The third-order valence-corrected chi connectivity index (χ3v) is 4.90. The van der Waals surface area contributed by atoms with Gasteiger partial charge in [0.2, 0.25) is 0 Å². The largest absolute Gasteiger partial charge is 0.506 e. The van der Waals surface area contributed by atoms with E-state index in [2.05, 4.69) is 15.5 Å². The summed E-state index contributed by atoms with van der Waals surface area (Å²) in [5, 5.41) is 14.6. The topological polar surface area (TPSA) is 96.6 Å². The lowest BCUT2D eigenvalue weighted by Crippen LogP contribution is -2.34. The SMILES string of the molecule is CC1CCc2cc(F)cc3c(O)c(C(=O)NN=Cc4ccncc4)c(=O)n1c23. The number of aromatic hydroxyl groups is 1. The predicted octanol–water partition coefficient (Wildman–Crippen LogP) is 2.51. The lowest BCUT2D eigenvalue weighted by molar-refractivity contribution is 0.0950. The van der Waals surface area contributed by atoms with E-state index >= 15 is 0 Å². The molecule has 3 heterocycles. The number of aromatic nitrogens is 2. The minimum atomic E-state index is -0.859. The van der Waals surface area contributed by atoms with Crippen LogP contribution >= 0.6 is 0 Å². The van der Waals surface area contributed by atoms with Gasteiger partial charge in [-0.1, -0.05) is 0 Å². The Kier molecular flexibility index (Phi) is 4.38. The number of amides is 1. The number of pyridine rings is 2. The second kappa shape index (κ2) is 6.88. The number of hydrazone groups is 1. The van der Waals surface area contributed by atoms with Gasteiger partial charge in [0.15, 0.2) is 0 Å². The van der Waals surface area contributed by atoms with Crippen LogP contribution in [0.1, 0.15) is 40.9 Å². The number of halogens is 1. The minimum Gasteiger partial charge on any atom is -0.506 e. The standard InChI is InChI=1S/C20H17FN4O3/c1-11-2-3-13-8-14(21)9-15-17(13)25(11)20(28)16(18(15)26)19(27)24-23-10-12-4-6-22-7-5-12/h4-11,26H,2-3H2,1H3,(H,24,27). The van der Waals surface area contributed by atoms with Gasteiger partial charge in [0.25, 0.3) is 11.5 Å². The molecule has 142 valence electrons. The number of rotatable bonds is 3. The van der Waals surface area contributed by atoms with Crippen molar-refractivity contribution in [2.45, 2.75) is 25.8 Å². The smallest absolute Gasteiger partial charge is 0.280 e. The van der Waals surface area contributed by atoms with Crippen molar-refractivity contribution in [3.05, 3.63) is 69.5 Å². The molecule has 0 fully saturated rings. The van der Waals surface area contributed by atoms with Crippen molar-refractivity contribution in [2.75, 3.05) is 0 Å². The molecule has 2 aromatic heterocycles. The first-order valence-electron chi connectivity index (χ1n) is 8.80. The summed E-state index contributed by atoms with van der Waals surface area (Å²) in [6.07, 6.45) is 5.76. The molecule has 1 aromatic carbocycles. The molecule has 7 nitrogen and oxygen atoms in total. The lowest BCUT2D eigenvalue weighted by atomic mass is 9.95. The summed E-state index contributed by atoms with van der Waals surface area (Å²) in [4.78, 5) is 29.4. The van der Waals surface area contributed by atoms with E-state index in [1.165, 1.54) is 16.8 Å². The van der Waals surface area contributed by atoms with Crippen LogP contribution < -0.4 is 11.0 Å². The molecule has 0 radical (unpaired) electrons.